The van der Waals surface area contributed by atoms with Gasteiger partial charge in [-0.3, -0.25) is 0 Å². The van der Waals surface area contributed by atoms with Crippen LogP contribution in [0.25, 0.3) is 0 Å². The third-order valence-corrected chi connectivity index (χ3v) is 3.23. The quantitative estimate of drug-likeness (QED) is 0.886. The van der Waals surface area contributed by atoms with Crippen LogP contribution in [0.2, 0.25) is 0 Å². The Balaban J connectivity index is 2.28. The van der Waals surface area contributed by atoms with Crippen LogP contribution in [-0.4, -0.2) is 23.3 Å². The molecule has 0 spiro atoms. The maximum Gasteiger partial charge on any atom is 0.346 e. The summed E-state index contributed by atoms with van der Waals surface area (Å²) in [5.41, 5.74) is 8.19. The molecule has 0 aliphatic carbocycles. The van der Waals surface area contributed by atoms with E-state index < -0.39 is 0 Å². The third kappa shape index (κ3) is 2.23. The van der Waals surface area contributed by atoms with Crippen molar-refractivity contribution >= 4 is 11.9 Å². The monoisotopic (exact) mass is 245 g/mol. The lowest BCUT2D eigenvalue weighted by Crippen LogP contribution is -2.33. The fourth-order valence-corrected chi connectivity index (χ4v) is 2.26. The Morgan fingerprint density at radius 1 is 1.28 bits per heavy atom. The molecule has 0 saturated carbocycles. The van der Waals surface area contributed by atoms with E-state index in [4.69, 9.17) is 5.73 Å². The molecular weight excluding hydrogens is 226 g/mol. The number of urea groups is 1. The number of aliphatic imine (C=N–C) groups is 1. The zero-order valence-corrected chi connectivity index (χ0v) is 10.9. The standard InChI is InChI=1S/C14H19N3O/c1-3-9-17-12(13(15)16-14(17)18)11-7-5-10(4-2)6-8-11/h5-8,12H,3-4,9H2,1-2H3,(H2,15,16,18). The highest BCUT2D eigenvalue weighted by molar-refractivity contribution is 6.03. The van der Waals surface area contributed by atoms with Crippen LogP contribution in [-0.2, 0) is 6.42 Å². The first-order valence-corrected chi connectivity index (χ1v) is 6.40. The summed E-state index contributed by atoms with van der Waals surface area (Å²) in [6.45, 7) is 4.84. The summed E-state index contributed by atoms with van der Waals surface area (Å²) in [6.07, 6.45) is 1.91. The minimum absolute atomic E-state index is 0.191. The number of aryl methyl sites for hydroxylation is 1. The molecule has 0 bridgehead atoms. The van der Waals surface area contributed by atoms with Crippen molar-refractivity contribution in [2.75, 3.05) is 6.54 Å². The molecule has 96 valence electrons. The van der Waals surface area contributed by atoms with Gasteiger partial charge in [-0.05, 0) is 24.0 Å². The molecule has 1 aromatic carbocycles. The van der Waals surface area contributed by atoms with Gasteiger partial charge >= 0.3 is 6.03 Å². The van der Waals surface area contributed by atoms with Crippen LogP contribution >= 0.6 is 0 Å². The number of rotatable bonds is 4. The van der Waals surface area contributed by atoms with Gasteiger partial charge in [-0.25, -0.2) is 4.79 Å². The molecule has 4 nitrogen and oxygen atoms in total. The first kappa shape index (κ1) is 12.6. The highest BCUT2D eigenvalue weighted by Crippen LogP contribution is 2.27. The molecule has 1 heterocycles. The van der Waals surface area contributed by atoms with Gasteiger partial charge in [0.05, 0.1) is 0 Å². The average Bonchev–Trinajstić information content (AvgIpc) is 2.65. The Morgan fingerprint density at radius 2 is 1.94 bits per heavy atom. The van der Waals surface area contributed by atoms with Gasteiger partial charge in [0, 0.05) is 6.54 Å². The summed E-state index contributed by atoms with van der Waals surface area (Å²) in [4.78, 5) is 17.3. The number of nitrogens with two attached hydrogens (primary N) is 1. The number of hydrogen-bond donors (Lipinski definition) is 1. The van der Waals surface area contributed by atoms with E-state index in [9.17, 15) is 4.79 Å². The van der Waals surface area contributed by atoms with Crippen LogP contribution in [0.1, 0.15) is 37.4 Å². The zero-order chi connectivity index (χ0) is 13.1. The van der Waals surface area contributed by atoms with Crippen LogP contribution < -0.4 is 5.73 Å². The predicted octanol–water partition coefficient (Wildman–Crippen LogP) is 2.49. The molecule has 2 N–H and O–H groups in total. The zero-order valence-electron chi connectivity index (χ0n) is 10.9. The SMILES string of the molecule is CCCN1C(=O)N=C(N)C1c1ccc(CC)cc1. The second-order valence-electron chi connectivity index (χ2n) is 4.51. The molecule has 0 aromatic heterocycles. The Bertz CT molecular complexity index is 464. The van der Waals surface area contributed by atoms with E-state index in [1.165, 1.54) is 5.56 Å². The Hall–Kier alpha value is -1.84. The molecule has 2 rings (SSSR count). The molecule has 4 heteroatoms. The van der Waals surface area contributed by atoms with Crippen molar-refractivity contribution in [3.63, 3.8) is 0 Å². The average molecular weight is 245 g/mol. The van der Waals surface area contributed by atoms with Crippen LogP contribution in [0.4, 0.5) is 4.79 Å². The molecule has 1 atom stereocenters. The molecular formula is C14H19N3O. The topological polar surface area (TPSA) is 58.7 Å². The lowest BCUT2D eigenvalue weighted by molar-refractivity contribution is 0.206. The van der Waals surface area contributed by atoms with Crippen molar-refractivity contribution in [2.45, 2.75) is 32.7 Å². The third-order valence-electron chi connectivity index (χ3n) is 3.23. The van der Waals surface area contributed by atoms with E-state index >= 15 is 0 Å². The molecule has 0 saturated heterocycles. The summed E-state index contributed by atoms with van der Waals surface area (Å²) >= 11 is 0. The van der Waals surface area contributed by atoms with Crippen LogP contribution in [0.5, 0.6) is 0 Å². The highest BCUT2D eigenvalue weighted by Gasteiger charge is 2.33. The summed E-state index contributed by atoms with van der Waals surface area (Å²) < 4.78 is 0. The number of benzene rings is 1. The van der Waals surface area contributed by atoms with Crippen molar-refractivity contribution < 1.29 is 4.79 Å². The van der Waals surface area contributed by atoms with E-state index in [1.54, 1.807) is 4.90 Å². The maximum absolute atomic E-state index is 11.7. The number of carbonyl (C=O) groups excluding carboxylic acids is 1. The van der Waals surface area contributed by atoms with Gasteiger partial charge in [-0.15, -0.1) is 0 Å². The predicted molar refractivity (Wildman–Crippen MR) is 72.6 cm³/mol. The van der Waals surface area contributed by atoms with E-state index in [1.807, 2.05) is 19.1 Å². The van der Waals surface area contributed by atoms with Crippen molar-refractivity contribution in [1.29, 1.82) is 0 Å². The van der Waals surface area contributed by atoms with E-state index in [0.717, 1.165) is 18.4 Å². The Labute approximate surface area is 108 Å². The normalized spacial score (nSPS) is 19.2. The van der Waals surface area contributed by atoms with Crippen molar-refractivity contribution in [3.8, 4) is 0 Å². The van der Waals surface area contributed by atoms with Gasteiger partial charge in [0.15, 0.2) is 0 Å². The van der Waals surface area contributed by atoms with Gasteiger partial charge in [-0.2, -0.15) is 4.99 Å². The summed E-state index contributed by atoms with van der Waals surface area (Å²) in [6, 6.07) is 7.81. The summed E-state index contributed by atoms with van der Waals surface area (Å²) in [7, 11) is 0. The number of nitrogens with zero attached hydrogens (tertiary/aromatic N) is 2. The molecule has 1 aromatic rings. The Morgan fingerprint density at radius 3 is 2.50 bits per heavy atom. The maximum atomic E-state index is 11.7. The molecule has 2 amide bonds. The van der Waals surface area contributed by atoms with Gasteiger partial charge in [0.1, 0.15) is 11.9 Å². The van der Waals surface area contributed by atoms with Gasteiger partial charge in [0.2, 0.25) is 0 Å². The van der Waals surface area contributed by atoms with Crippen LogP contribution in [0, 0.1) is 0 Å². The smallest absolute Gasteiger partial charge is 0.346 e. The van der Waals surface area contributed by atoms with Gasteiger partial charge in [0.25, 0.3) is 0 Å². The molecule has 1 aliphatic heterocycles. The van der Waals surface area contributed by atoms with Gasteiger partial charge in [-0.1, -0.05) is 38.1 Å². The van der Waals surface area contributed by atoms with Crippen molar-refractivity contribution in [1.82, 2.24) is 4.90 Å². The van der Waals surface area contributed by atoms with E-state index in [2.05, 4.69) is 24.0 Å². The number of hydrogen-bond acceptors (Lipinski definition) is 2. The van der Waals surface area contributed by atoms with Crippen molar-refractivity contribution in [2.24, 2.45) is 10.7 Å². The minimum atomic E-state index is -0.223. The van der Waals surface area contributed by atoms with Gasteiger partial charge < -0.3 is 10.6 Å². The van der Waals surface area contributed by atoms with E-state index in [0.29, 0.717) is 12.4 Å². The van der Waals surface area contributed by atoms with E-state index in [-0.39, 0.29) is 12.1 Å². The first-order valence-electron chi connectivity index (χ1n) is 6.40. The second kappa shape index (κ2) is 5.21. The fraction of sp³-hybridized carbons (Fsp3) is 0.429. The largest absolute Gasteiger partial charge is 0.385 e. The molecule has 18 heavy (non-hydrogen) atoms. The van der Waals surface area contributed by atoms with Crippen LogP contribution in [0.3, 0.4) is 0 Å². The molecule has 1 unspecified atom stereocenters. The lowest BCUT2D eigenvalue weighted by atomic mass is 10.0. The first-order chi connectivity index (χ1) is 8.67. The van der Waals surface area contributed by atoms with Crippen LogP contribution in [0.15, 0.2) is 29.3 Å². The molecule has 0 radical (unpaired) electrons. The lowest BCUT2D eigenvalue weighted by Gasteiger charge is -2.24. The Kier molecular flexibility index (Phi) is 3.65. The molecule has 0 fully saturated rings. The van der Waals surface area contributed by atoms with Crippen molar-refractivity contribution in [3.05, 3.63) is 35.4 Å². The second-order valence-corrected chi connectivity index (χ2v) is 4.51. The minimum Gasteiger partial charge on any atom is -0.385 e. The summed E-state index contributed by atoms with van der Waals surface area (Å²) in [5, 5.41) is 0. The highest BCUT2D eigenvalue weighted by atomic mass is 16.2. The number of amidine groups is 1. The number of amides is 2. The fourth-order valence-electron chi connectivity index (χ4n) is 2.26. The molecule has 1 aliphatic rings. The number of carbonyl (C=O) groups is 1. The summed E-state index contributed by atoms with van der Waals surface area (Å²) in [5.74, 6) is 0.401.